The number of benzene rings is 2. The number of thioether (sulfide) groups is 1. The van der Waals surface area contributed by atoms with Crippen LogP contribution in [0.5, 0.6) is 11.5 Å². The highest BCUT2D eigenvalue weighted by atomic mass is 32.2. The minimum Gasteiger partial charge on any atom is -0.497 e. The van der Waals surface area contributed by atoms with Crippen LogP contribution in [0.1, 0.15) is 6.42 Å². The lowest BCUT2D eigenvalue weighted by Gasteiger charge is -2.14. The summed E-state index contributed by atoms with van der Waals surface area (Å²) < 4.78 is 17.2. The van der Waals surface area contributed by atoms with E-state index in [1.54, 1.807) is 49.1 Å². The van der Waals surface area contributed by atoms with Crippen molar-refractivity contribution in [2.45, 2.75) is 18.1 Å². The summed E-state index contributed by atoms with van der Waals surface area (Å²) in [4.78, 5) is 30.2. The Bertz CT molecular complexity index is 1120. The normalized spacial score (nSPS) is 10.8. The van der Waals surface area contributed by atoms with E-state index in [0.717, 1.165) is 0 Å². The number of amides is 1. The van der Waals surface area contributed by atoms with E-state index < -0.39 is 0 Å². The topological polar surface area (TPSA) is 91.7 Å². The van der Waals surface area contributed by atoms with Gasteiger partial charge in [-0.25, -0.2) is 4.98 Å². The van der Waals surface area contributed by atoms with Crippen molar-refractivity contribution in [3.05, 3.63) is 52.8 Å². The molecular formula is C22H25N3O5S. The van der Waals surface area contributed by atoms with Gasteiger partial charge in [0, 0.05) is 26.3 Å². The third-order valence-electron chi connectivity index (χ3n) is 4.57. The van der Waals surface area contributed by atoms with Gasteiger partial charge >= 0.3 is 0 Å². The number of fused-ring (bicyclic) bond motifs is 1. The van der Waals surface area contributed by atoms with Crippen LogP contribution in [0.15, 0.2) is 52.4 Å². The van der Waals surface area contributed by atoms with Crippen LogP contribution in [0.4, 0.5) is 5.69 Å². The molecule has 1 N–H and O–H groups in total. The van der Waals surface area contributed by atoms with Gasteiger partial charge in [0.05, 0.1) is 36.6 Å². The fourth-order valence-corrected chi connectivity index (χ4v) is 3.87. The molecule has 0 atom stereocenters. The smallest absolute Gasteiger partial charge is 0.262 e. The Hall–Kier alpha value is -3.04. The van der Waals surface area contributed by atoms with Gasteiger partial charge < -0.3 is 19.5 Å². The summed E-state index contributed by atoms with van der Waals surface area (Å²) in [5.74, 6) is 0.978. The van der Waals surface area contributed by atoms with Gasteiger partial charge in [0.1, 0.15) is 11.5 Å². The van der Waals surface area contributed by atoms with Gasteiger partial charge in [-0.15, -0.1) is 0 Å². The Morgan fingerprint density at radius 2 is 1.94 bits per heavy atom. The highest BCUT2D eigenvalue weighted by molar-refractivity contribution is 7.99. The summed E-state index contributed by atoms with van der Waals surface area (Å²) in [5.41, 5.74) is 1.02. The maximum atomic E-state index is 13.0. The van der Waals surface area contributed by atoms with Gasteiger partial charge in [-0.2, -0.15) is 0 Å². The number of ether oxygens (including phenoxy) is 3. The van der Waals surface area contributed by atoms with Gasteiger partial charge in [-0.3, -0.25) is 14.2 Å². The van der Waals surface area contributed by atoms with Gasteiger partial charge in [0.25, 0.3) is 5.56 Å². The number of anilines is 1. The number of methoxy groups -OCH3 is 3. The molecule has 0 spiro atoms. The lowest BCUT2D eigenvalue weighted by molar-refractivity contribution is -0.113. The standard InChI is InChI=1S/C22H25N3O5S/c1-28-12-6-11-25-21(27)16-7-4-5-8-17(16)24-22(25)31-14-20(26)23-18-10-9-15(29-2)13-19(18)30-3/h4-5,7-10,13H,6,11-12,14H2,1-3H3,(H,23,26). The van der Waals surface area contributed by atoms with Gasteiger partial charge in [-0.05, 0) is 30.7 Å². The van der Waals surface area contributed by atoms with E-state index in [-0.39, 0.29) is 17.2 Å². The van der Waals surface area contributed by atoms with E-state index in [0.29, 0.717) is 52.8 Å². The number of rotatable bonds is 10. The van der Waals surface area contributed by atoms with Crippen LogP contribution in [0.25, 0.3) is 10.9 Å². The average Bonchev–Trinajstić information content (AvgIpc) is 2.79. The number of hydrogen-bond donors (Lipinski definition) is 1. The zero-order chi connectivity index (χ0) is 22.2. The van der Waals surface area contributed by atoms with E-state index in [9.17, 15) is 9.59 Å². The van der Waals surface area contributed by atoms with Crippen LogP contribution in [0, 0.1) is 0 Å². The first kappa shape index (κ1) is 22.6. The Morgan fingerprint density at radius 3 is 2.68 bits per heavy atom. The molecule has 0 saturated carbocycles. The van der Waals surface area contributed by atoms with Crippen LogP contribution >= 0.6 is 11.8 Å². The van der Waals surface area contributed by atoms with Gasteiger partial charge in [0.2, 0.25) is 5.91 Å². The second kappa shape index (κ2) is 10.8. The molecule has 1 aromatic heterocycles. The molecule has 0 aliphatic carbocycles. The maximum Gasteiger partial charge on any atom is 0.262 e. The number of aromatic nitrogens is 2. The summed E-state index contributed by atoms with van der Waals surface area (Å²) in [7, 11) is 4.71. The van der Waals surface area contributed by atoms with E-state index in [2.05, 4.69) is 10.3 Å². The molecule has 1 heterocycles. The van der Waals surface area contributed by atoms with Crippen LogP contribution in [-0.2, 0) is 16.1 Å². The molecule has 0 saturated heterocycles. The molecule has 3 rings (SSSR count). The third-order valence-corrected chi connectivity index (χ3v) is 5.55. The Kier molecular flexibility index (Phi) is 7.91. The lowest BCUT2D eigenvalue weighted by Crippen LogP contribution is -2.25. The minimum absolute atomic E-state index is 0.0875. The van der Waals surface area contributed by atoms with Crippen molar-refractivity contribution in [1.82, 2.24) is 9.55 Å². The second-order valence-corrected chi connectivity index (χ2v) is 7.56. The highest BCUT2D eigenvalue weighted by Gasteiger charge is 2.14. The summed E-state index contributed by atoms with van der Waals surface area (Å²) in [6, 6.07) is 12.4. The summed E-state index contributed by atoms with van der Waals surface area (Å²) in [6.45, 7) is 0.988. The number of carbonyl (C=O) groups is 1. The van der Waals surface area contributed by atoms with Crippen LogP contribution in [0.3, 0.4) is 0 Å². The lowest BCUT2D eigenvalue weighted by atomic mass is 10.2. The highest BCUT2D eigenvalue weighted by Crippen LogP contribution is 2.29. The first-order chi connectivity index (χ1) is 15.1. The molecule has 3 aromatic rings. The molecule has 0 unspecified atom stereocenters. The molecule has 164 valence electrons. The molecule has 0 bridgehead atoms. The maximum absolute atomic E-state index is 13.0. The molecule has 31 heavy (non-hydrogen) atoms. The summed E-state index contributed by atoms with van der Waals surface area (Å²) in [5, 5.41) is 3.88. The predicted octanol–water partition coefficient (Wildman–Crippen LogP) is 3.18. The largest absolute Gasteiger partial charge is 0.497 e. The fourth-order valence-electron chi connectivity index (χ4n) is 3.04. The molecule has 1 amide bonds. The Morgan fingerprint density at radius 1 is 1.13 bits per heavy atom. The first-order valence-corrected chi connectivity index (χ1v) is 10.7. The molecule has 0 aliphatic rings. The van der Waals surface area contributed by atoms with Crippen molar-refractivity contribution < 1.29 is 19.0 Å². The van der Waals surface area contributed by atoms with Crippen molar-refractivity contribution in [3.63, 3.8) is 0 Å². The summed E-state index contributed by atoms with van der Waals surface area (Å²) >= 11 is 1.22. The predicted molar refractivity (Wildman–Crippen MR) is 121 cm³/mol. The fraction of sp³-hybridized carbons (Fsp3) is 0.318. The van der Waals surface area contributed by atoms with Crippen molar-refractivity contribution >= 4 is 34.3 Å². The zero-order valence-corrected chi connectivity index (χ0v) is 18.5. The minimum atomic E-state index is -0.237. The molecule has 0 radical (unpaired) electrons. The number of hydrogen-bond acceptors (Lipinski definition) is 7. The second-order valence-electron chi connectivity index (χ2n) is 6.62. The van der Waals surface area contributed by atoms with Crippen molar-refractivity contribution in [2.75, 3.05) is 39.0 Å². The summed E-state index contributed by atoms with van der Waals surface area (Å²) in [6.07, 6.45) is 0.666. The number of nitrogens with one attached hydrogen (secondary N) is 1. The SMILES string of the molecule is COCCCn1c(SCC(=O)Nc2ccc(OC)cc2OC)nc2ccccc2c1=O. The van der Waals surface area contributed by atoms with Crippen LogP contribution in [-0.4, -0.2) is 49.1 Å². The number of carbonyl (C=O) groups excluding carboxylic acids is 1. The van der Waals surface area contributed by atoms with Gasteiger partial charge in [0.15, 0.2) is 5.16 Å². The van der Waals surface area contributed by atoms with Gasteiger partial charge in [-0.1, -0.05) is 23.9 Å². The van der Waals surface area contributed by atoms with Crippen molar-refractivity contribution in [1.29, 1.82) is 0 Å². The number of para-hydroxylation sites is 1. The number of nitrogens with zero attached hydrogens (tertiary/aromatic N) is 2. The van der Waals surface area contributed by atoms with E-state index in [1.165, 1.54) is 18.9 Å². The quantitative estimate of drug-likeness (QED) is 0.292. The molecule has 2 aromatic carbocycles. The Labute approximate surface area is 184 Å². The molecular weight excluding hydrogens is 418 g/mol. The average molecular weight is 444 g/mol. The van der Waals surface area contributed by atoms with Crippen molar-refractivity contribution in [3.8, 4) is 11.5 Å². The third kappa shape index (κ3) is 5.56. The van der Waals surface area contributed by atoms with Crippen LogP contribution in [0.2, 0.25) is 0 Å². The zero-order valence-electron chi connectivity index (χ0n) is 17.7. The molecule has 0 fully saturated rings. The van der Waals surface area contributed by atoms with E-state index in [1.807, 2.05) is 12.1 Å². The molecule has 9 heteroatoms. The monoisotopic (exact) mass is 443 g/mol. The molecule has 0 aliphatic heterocycles. The van der Waals surface area contributed by atoms with E-state index in [4.69, 9.17) is 14.2 Å². The van der Waals surface area contributed by atoms with Crippen LogP contribution < -0.4 is 20.3 Å². The first-order valence-electron chi connectivity index (χ1n) is 9.70. The van der Waals surface area contributed by atoms with E-state index >= 15 is 0 Å². The molecule has 8 nitrogen and oxygen atoms in total. The van der Waals surface area contributed by atoms with Crippen molar-refractivity contribution in [2.24, 2.45) is 0 Å². The Balaban J connectivity index is 1.78.